The van der Waals surface area contributed by atoms with E-state index in [0.717, 1.165) is 77.0 Å². The number of carbonyl (C=O) groups is 2. The molecule has 0 radical (unpaired) electrons. The van der Waals surface area contributed by atoms with Crippen molar-refractivity contribution in [2.24, 2.45) is 92.7 Å². The number of carbonyl (C=O) groups excluding carboxylic acids is 2. The minimum absolute atomic E-state index is 0.0866. The van der Waals surface area contributed by atoms with Crippen LogP contribution in [-0.2, 0) is 25.7 Å². The molecule has 0 amide bonds. The predicted molar refractivity (Wildman–Crippen MR) is 237 cm³/mol. The van der Waals surface area contributed by atoms with Crippen molar-refractivity contribution in [3.63, 3.8) is 0 Å². The van der Waals surface area contributed by atoms with E-state index < -0.39 is 0 Å². The van der Waals surface area contributed by atoms with E-state index >= 15 is 0 Å². The molecule has 1 heterocycles. The molecule has 9 rings (SSSR count). The van der Waals surface area contributed by atoms with Crippen LogP contribution in [0.15, 0.2) is 6.20 Å². The van der Waals surface area contributed by atoms with Gasteiger partial charge in [0.2, 0.25) is 0 Å². The summed E-state index contributed by atoms with van der Waals surface area (Å²) >= 11 is 0. The fraction of sp³-hybridized carbons (Fsp3) is 0.923. The molecule has 0 aliphatic heterocycles. The smallest absolute Gasteiger partial charge is 0.306 e. The quantitative estimate of drug-likeness (QED) is 0.185. The second-order valence-corrected chi connectivity index (χ2v) is 24.2. The van der Waals surface area contributed by atoms with Crippen molar-refractivity contribution in [3.05, 3.63) is 11.9 Å². The zero-order valence-electron chi connectivity index (χ0n) is 39.5. The highest BCUT2D eigenvalue weighted by Crippen LogP contribution is 2.70. The molecule has 0 unspecified atom stereocenters. The molecular weight excluding hydrogens is 779 g/mol. The van der Waals surface area contributed by atoms with Gasteiger partial charge in [-0.1, -0.05) is 46.8 Å². The number of hydrogen-bond donors (Lipinski definition) is 3. The average molecular weight is 862 g/mol. The zero-order valence-corrected chi connectivity index (χ0v) is 39.5. The Balaban J connectivity index is 0.754. The topological polar surface area (TPSA) is 144 Å². The molecule has 3 N–H and O–H groups in total. The number of rotatable bonds is 11. The number of esters is 2. The van der Waals surface area contributed by atoms with E-state index in [2.05, 4.69) is 51.9 Å². The summed E-state index contributed by atoms with van der Waals surface area (Å²) in [7, 11) is 1.47. The maximum atomic E-state index is 13.2. The van der Waals surface area contributed by atoms with Gasteiger partial charge in [0.15, 0.2) is 0 Å². The Morgan fingerprint density at radius 3 is 1.79 bits per heavy atom. The monoisotopic (exact) mass is 862 g/mol. The number of methoxy groups -OCH3 is 1. The summed E-state index contributed by atoms with van der Waals surface area (Å²) < 4.78 is 12.8. The van der Waals surface area contributed by atoms with Crippen LogP contribution < -0.4 is 0 Å². The molecule has 0 saturated heterocycles. The van der Waals surface area contributed by atoms with Gasteiger partial charge in [0.1, 0.15) is 12.3 Å². The first-order valence-electron chi connectivity index (χ1n) is 25.7. The third-order valence-corrected chi connectivity index (χ3v) is 22.2. The Labute approximate surface area is 372 Å². The summed E-state index contributed by atoms with van der Waals surface area (Å²) in [6.07, 6.45) is 21.2. The highest BCUT2D eigenvalue weighted by Gasteiger charge is 2.65. The highest BCUT2D eigenvalue weighted by atomic mass is 16.5. The van der Waals surface area contributed by atoms with E-state index in [0.29, 0.717) is 89.6 Å². The molecule has 1 aromatic rings. The largest absolute Gasteiger partial charge is 0.469 e. The molecular formula is C52H83N3O7. The first-order chi connectivity index (χ1) is 29.5. The van der Waals surface area contributed by atoms with Crippen molar-refractivity contribution < 1.29 is 34.4 Å². The lowest BCUT2D eigenvalue weighted by atomic mass is 9.43. The van der Waals surface area contributed by atoms with Crippen LogP contribution in [-0.4, -0.2) is 67.7 Å². The molecule has 0 aromatic carbocycles. The molecule has 8 fully saturated rings. The van der Waals surface area contributed by atoms with Crippen molar-refractivity contribution in [2.75, 3.05) is 7.11 Å². The van der Waals surface area contributed by atoms with Gasteiger partial charge in [-0.25, -0.2) is 4.68 Å². The summed E-state index contributed by atoms with van der Waals surface area (Å²) in [6.45, 7) is 14.5. The summed E-state index contributed by atoms with van der Waals surface area (Å²) in [5.41, 5.74) is 0.953. The number of aliphatic hydroxyl groups excluding tert-OH is 3. The lowest BCUT2D eigenvalue weighted by Gasteiger charge is -2.62. The van der Waals surface area contributed by atoms with Crippen LogP contribution in [0.3, 0.4) is 0 Å². The summed E-state index contributed by atoms with van der Waals surface area (Å²) in [5, 5.41) is 43.5. The Morgan fingerprint density at radius 1 is 0.694 bits per heavy atom. The van der Waals surface area contributed by atoms with Gasteiger partial charge in [-0.05, 0) is 208 Å². The molecule has 10 nitrogen and oxygen atoms in total. The molecule has 8 aliphatic rings. The number of ether oxygens (including phenoxy) is 2. The second kappa shape index (κ2) is 17.0. The summed E-state index contributed by atoms with van der Waals surface area (Å²) in [5.74, 6) is 5.89. The van der Waals surface area contributed by atoms with E-state index in [1.807, 2.05) is 10.9 Å². The number of hydrogen-bond acceptors (Lipinski definition) is 9. The van der Waals surface area contributed by atoms with E-state index in [1.165, 1.54) is 45.6 Å². The van der Waals surface area contributed by atoms with Crippen molar-refractivity contribution in [1.29, 1.82) is 0 Å². The second-order valence-electron chi connectivity index (χ2n) is 24.2. The van der Waals surface area contributed by atoms with E-state index in [-0.39, 0.29) is 64.6 Å². The van der Waals surface area contributed by atoms with Crippen LogP contribution in [0, 0.1) is 92.7 Å². The third kappa shape index (κ3) is 7.35. The van der Waals surface area contributed by atoms with Gasteiger partial charge >= 0.3 is 11.9 Å². The van der Waals surface area contributed by atoms with Crippen LogP contribution in [0.1, 0.15) is 182 Å². The number of fused-ring (bicyclic) bond motifs is 10. The van der Waals surface area contributed by atoms with Crippen molar-refractivity contribution in [2.45, 2.75) is 201 Å². The standard InChI is InChI=1S/C52H83N3O7/c1-30(8-18-47(59)61-7)39-14-16-41-37-12-10-32-24-35(20-22-49(32,3)43(37)26-45(57)51(39,41)5)55-28-34(53-54-55)29-62-48(60)19-9-31(2)40-15-17-42-38-13-11-33-25-36(56)21-23-50(33,4)44(38)27-46(58)52(40,42)6/h28,30-33,35-46,56-58H,8-27,29H2,1-7H3/t30-,31-,32-,33-,35+,36-,37+,38+,39-,40-,41+,42+,43+,44+,45+,46+,49+,50+,51-,52-/m1/s1. The van der Waals surface area contributed by atoms with Crippen molar-refractivity contribution in [1.82, 2.24) is 15.0 Å². The van der Waals surface area contributed by atoms with Crippen LogP contribution >= 0.6 is 0 Å². The van der Waals surface area contributed by atoms with Gasteiger partial charge in [0, 0.05) is 12.8 Å². The minimum atomic E-state index is -0.314. The van der Waals surface area contributed by atoms with Crippen molar-refractivity contribution in [3.8, 4) is 0 Å². The maximum absolute atomic E-state index is 13.2. The Hall–Kier alpha value is -2.04. The molecule has 1 aromatic heterocycles. The van der Waals surface area contributed by atoms with Crippen LogP contribution in [0.4, 0.5) is 0 Å². The van der Waals surface area contributed by atoms with Gasteiger partial charge in [-0.3, -0.25) is 9.59 Å². The molecule has 20 atom stereocenters. The van der Waals surface area contributed by atoms with Crippen LogP contribution in [0.2, 0.25) is 0 Å². The van der Waals surface area contributed by atoms with E-state index in [1.54, 1.807) is 0 Å². The normalized spacial score (nSPS) is 48.0. The summed E-state index contributed by atoms with van der Waals surface area (Å²) in [4.78, 5) is 25.2. The van der Waals surface area contributed by atoms with Crippen molar-refractivity contribution >= 4 is 11.9 Å². The number of nitrogens with zero attached hydrogens (tertiary/aromatic N) is 3. The molecule has 348 valence electrons. The van der Waals surface area contributed by atoms with E-state index in [4.69, 9.17) is 9.47 Å². The van der Waals surface area contributed by atoms with Gasteiger partial charge in [-0.2, -0.15) is 0 Å². The minimum Gasteiger partial charge on any atom is -0.469 e. The molecule has 10 heteroatoms. The number of aliphatic hydroxyl groups is 3. The van der Waals surface area contributed by atoms with Gasteiger partial charge < -0.3 is 24.8 Å². The predicted octanol–water partition coefficient (Wildman–Crippen LogP) is 9.49. The SMILES string of the molecule is COC(=O)CC[C@@H](C)[C@H]1CC[C@H]2[C@@H]3CC[C@@H]4C[C@@H](n5cc(COC(=O)CC[C@@H](C)[C@H]6CC[C@H]7[C@@H]8CC[C@@H]9C[C@H](O)CC[C@]9(C)[C@H]8C[C@H](O)[C@]67C)nn5)CC[C@]4(C)[C@H]3C[C@H](O)[C@]12C. The van der Waals surface area contributed by atoms with Crippen LogP contribution in [0.5, 0.6) is 0 Å². The average Bonchev–Trinajstić information content (AvgIpc) is 3.98. The first-order valence-corrected chi connectivity index (χ1v) is 25.7. The highest BCUT2D eigenvalue weighted by molar-refractivity contribution is 5.69. The number of aromatic nitrogens is 3. The fourth-order valence-corrected chi connectivity index (χ4v) is 18.5. The van der Waals surface area contributed by atoms with Gasteiger partial charge in [0.05, 0.1) is 37.7 Å². The first kappa shape index (κ1) is 45.1. The molecule has 0 bridgehead atoms. The Bertz CT molecular complexity index is 1790. The lowest BCUT2D eigenvalue weighted by molar-refractivity contribution is -0.175. The van der Waals surface area contributed by atoms with Crippen LogP contribution in [0.25, 0.3) is 0 Å². The molecule has 62 heavy (non-hydrogen) atoms. The molecule has 0 spiro atoms. The Kier molecular flexibility index (Phi) is 12.4. The third-order valence-electron chi connectivity index (χ3n) is 22.2. The van der Waals surface area contributed by atoms with Gasteiger partial charge in [-0.15, -0.1) is 5.10 Å². The van der Waals surface area contributed by atoms with Gasteiger partial charge in [0.25, 0.3) is 0 Å². The molecule has 8 aliphatic carbocycles. The lowest BCUT2D eigenvalue weighted by Crippen LogP contribution is -2.58. The maximum Gasteiger partial charge on any atom is 0.306 e. The van der Waals surface area contributed by atoms with E-state index in [9.17, 15) is 24.9 Å². The Morgan fingerprint density at radius 2 is 1.23 bits per heavy atom. The zero-order chi connectivity index (χ0) is 43.9. The molecule has 8 saturated carbocycles. The summed E-state index contributed by atoms with van der Waals surface area (Å²) in [6, 6.07) is 0.281. The fourth-order valence-electron chi connectivity index (χ4n) is 18.5.